The maximum atomic E-state index is 13.7. The summed E-state index contributed by atoms with van der Waals surface area (Å²) in [6.07, 6.45) is 1.21. The maximum Gasteiger partial charge on any atom is 0.331 e. The summed E-state index contributed by atoms with van der Waals surface area (Å²) in [4.78, 5) is 35.8. The highest BCUT2D eigenvalue weighted by molar-refractivity contribution is 6.30. The number of carbonyl (C=O) groups is 3. The van der Waals surface area contributed by atoms with Crippen LogP contribution in [0.25, 0.3) is 17.4 Å². The third-order valence-corrected chi connectivity index (χ3v) is 3.36. The van der Waals surface area contributed by atoms with Gasteiger partial charge in [0.15, 0.2) is 0 Å². The molecular formula is C16H11FN2O4. The molecule has 0 aliphatic carbocycles. The van der Waals surface area contributed by atoms with Crippen LogP contribution < -0.4 is 5.32 Å². The van der Waals surface area contributed by atoms with Crippen LogP contribution in [0.4, 0.5) is 9.18 Å². The highest BCUT2D eigenvalue weighted by atomic mass is 19.1. The summed E-state index contributed by atoms with van der Waals surface area (Å²) in [6, 6.07) is 8.32. The lowest BCUT2D eigenvalue weighted by Crippen LogP contribution is -2.52. The fourth-order valence-electron chi connectivity index (χ4n) is 2.12. The number of benzene rings is 1. The lowest BCUT2D eigenvalue weighted by atomic mass is 10.1. The average molecular weight is 314 g/mol. The quantitative estimate of drug-likeness (QED) is 0.680. The first-order chi connectivity index (χ1) is 11.0. The lowest BCUT2D eigenvalue weighted by Gasteiger charge is -2.21. The second-order valence-corrected chi connectivity index (χ2v) is 4.86. The number of furan rings is 1. The van der Waals surface area contributed by atoms with E-state index in [-0.39, 0.29) is 22.7 Å². The zero-order valence-corrected chi connectivity index (χ0v) is 12.0. The molecule has 1 aliphatic heterocycles. The van der Waals surface area contributed by atoms with Crippen molar-refractivity contribution in [2.24, 2.45) is 0 Å². The first-order valence-electron chi connectivity index (χ1n) is 6.67. The molecule has 0 spiro atoms. The van der Waals surface area contributed by atoms with E-state index in [0.29, 0.717) is 0 Å². The van der Waals surface area contributed by atoms with E-state index >= 15 is 0 Å². The predicted octanol–water partition coefficient (Wildman–Crippen LogP) is 2.18. The van der Waals surface area contributed by atoms with Crippen molar-refractivity contribution < 1.29 is 23.2 Å². The van der Waals surface area contributed by atoms with Crippen molar-refractivity contribution in [3.05, 3.63) is 53.5 Å². The molecule has 1 aromatic carbocycles. The van der Waals surface area contributed by atoms with Crippen LogP contribution in [0.1, 0.15) is 5.76 Å². The van der Waals surface area contributed by atoms with Crippen LogP contribution in [0, 0.1) is 5.82 Å². The minimum atomic E-state index is -0.804. The number of rotatable bonds is 2. The summed E-state index contributed by atoms with van der Waals surface area (Å²) in [6.45, 7) is 0. The number of amides is 4. The van der Waals surface area contributed by atoms with Crippen molar-refractivity contribution >= 4 is 23.9 Å². The molecule has 6 nitrogen and oxygen atoms in total. The number of nitrogens with one attached hydrogen (secondary N) is 1. The van der Waals surface area contributed by atoms with E-state index in [4.69, 9.17) is 4.42 Å². The van der Waals surface area contributed by atoms with Gasteiger partial charge >= 0.3 is 6.03 Å². The Morgan fingerprint density at radius 2 is 1.87 bits per heavy atom. The number of hydrogen-bond acceptors (Lipinski definition) is 4. The van der Waals surface area contributed by atoms with Crippen LogP contribution in [-0.2, 0) is 9.59 Å². The van der Waals surface area contributed by atoms with Gasteiger partial charge in [-0.1, -0.05) is 12.1 Å². The topological polar surface area (TPSA) is 79.6 Å². The fourth-order valence-corrected chi connectivity index (χ4v) is 2.12. The summed E-state index contributed by atoms with van der Waals surface area (Å²) >= 11 is 0. The summed E-state index contributed by atoms with van der Waals surface area (Å²) in [5.74, 6) is -1.52. The van der Waals surface area contributed by atoms with Gasteiger partial charge in [-0.15, -0.1) is 0 Å². The SMILES string of the molecule is CN1C(=O)NC(=O)C(=Cc2ccc(-c3ccccc3F)o2)C1=O. The van der Waals surface area contributed by atoms with Gasteiger partial charge in [-0.05, 0) is 30.3 Å². The molecule has 1 fully saturated rings. The molecule has 23 heavy (non-hydrogen) atoms. The first-order valence-corrected chi connectivity index (χ1v) is 6.67. The molecule has 1 saturated heterocycles. The molecule has 4 amide bonds. The van der Waals surface area contributed by atoms with Gasteiger partial charge in [-0.2, -0.15) is 0 Å². The Balaban J connectivity index is 1.95. The molecule has 1 aromatic heterocycles. The minimum Gasteiger partial charge on any atom is -0.457 e. The third-order valence-electron chi connectivity index (χ3n) is 3.36. The van der Waals surface area contributed by atoms with Gasteiger partial charge in [0.2, 0.25) is 0 Å². The highest BCUT2D eigenvalue weighted by Crippen LogP contribution is 2.26. The van der Waals surface area contributed by atoms with Crippen LogP contribution in [0.3, 0.4) is 0 Å². The second-order valence-electron chi connectivity index (χ2n) is 4.86. The number of likely N-dealkylation sites (N-methyl/N-ethyl adjacent to an activating group) is 1. The van der Waals surface area contributed by atoms with Gasteiger partial charge in [0.05, 0.1) is 5.56 Å². The normalized spacial score (nSPS) is 16.9. The molecule has 2 aromatic rings. The average Bonchev–Trinajstić information content (AvgIpc) is 2.98. The highest BCUT2D eigenvalue weighted by Gasteiger charge is 2.33. The van der Waals surface area contributed by atoms with E-state index in [1.54, 1.807) is 18.2 Å². The zero-order chi connectivity index (χ0) is 16.6. The van der Waals surface area contributed by atoms with E-state index in [9.17, 15) is 18.8 Å². The fraction of sp³-hybridized carbons (Fsp3) is 0.0625. The summed E-state index contributed by atoms with van der Waals surface area (Å²) in [7, 11) is 1.25. The molecule has 0 radical (unpaired) electrons. The second kappa shape index (κ2) is 5.53. The standard InChI is InChI=1S/C16H11FN2O4/c1-19-15(21)11(14(20)18-16(19)22)8-9-6-7-13(23-9)10-4-2-3-5-12(10)17/h2-8H,1H3,(H,18,20,22). The Morgan fingerprint density at radius 3 is 2.61 bits per heavy atom. The largest absolute Gasteiger partial charge is 0.457 e. The molecule has 3 rings (SSSR count). The number of barbiturate groups is 1. The number of halogens is 1. The van der Waals surface area contributed by atoms with Crippen molar-refractivity contribution in [2.75, 3.05) is 7.05 Å². The predicted molar refractivity (Wildman–Crippen MR) is 78.4 cm³/mol. The molecule has 116 valence electrons. The summed E-state index contributed by atoms with van der Waals surface area (Å²) in [5.41, 5.74) is 0.0328. The molecule has 0 unspecified atom stereocenters. The van der Waals surface area contributed by atoms with Gasteiger partial charge in [-0.25, -0.2) is 9.18 Å². The summed E-state index contributed by atoms with van der Waals surface area (Å²) in [5, 5.41) is 2.03. The van der Waals surface area contributed by atoms with Crippen molar-refractivity contribution in [3.8, 4) is 11.3 Å². The van der Waals surface area contributed by atoms with Crippen LogP contribution in [0.2, 0.25) is 0 Å². The van der Waals surface area contributed by atoms with Gasteiger partial charge in [0.1, 0.15) is 22.9 Å². The van der Waals surface area contributed by atoms with Crippen molar-refractivity contribution in [1.82, 2.24) is 10.2 Å². The lowest BCUT2D eigenvalue weighted by molar-refractivity contribution is -0.129. The Labute approximate surface area is 130 Å². The number of nitrogens with zero attached hydrogens (tertiary/aromatic N) is 1. The molecular weight excluding hydrogens is 303 g/mol. The smallest absolute Gasteiger partial charge is 0.331 e. The van der Waals surface area contributed by atoms with Gasteiger partial charge in [0, 0.05) is 7.05 Å². The molecule has 0 saturated carbocycles. The monoisotopic (exact) mass is 314 g/mol. The molecule has 0 atom stereocenters. The first kappa shape index (κ1) is 14.7. The van der Waals surface area contributed by atoms with Crippen molar-refractivity contribution in [2.45, 2.75) is 0 Å². The van der Waals surface area contributed by atoms with Crippen molar-refractivity contribution in [3.63, 3.8) is 0 Å². The zero-order valence-electron chi connectivity index (χ0n) is 12.0. The summed E-state index contributed by atoms with van der Waals surface area (Å²) < 4.78 is 19.2. The van der Waals surface area contributed by atoms with Crippen LogP contribution in [0.5, 0.6) is 0 Å². The van der Waals surface area contributed by atoms with E-state index in [2.05, 4.69) is 0 Å². The number of hydrogen-bond donors (Lipinski definition) is 1. The Morgan fingerprint density at radius 1 is 1.13 bits per heavy atom. The number of carbonyl (C=O) groups excluding carboxylic acids is 3. The van der Waals surface area contributed by atoms with Gasteiger partial charge in [-0.3, -0.25) is 19.8 Å². The van der Waals surface area contributed by atoms with Crippen LogP contribution in [0.15, 0.2) is 46.4 Å². The Hall–Kier alpha value is -3.22. The third kappa shape index (κ3) is 2.64. The van der Waals surface area contributed by atoms with E-state index < -0.39 is 23.7 Å². The molecule has 2 heterocycles. The Bertz CT molecular complexity index is 853. The van der Waals surface area contributed by atoms with Gasteiger partial charge < -0.3 is 4.42 Å². The molecule has 0 bridgehead atoms. The Kier molecular flexibility index (Phi) is 3.53. The maximum absolute atomic E-state index is 13.7. The molecule has 7 heteroatoms. The molecule has 1 aliphatic rings. The molecule has 1 N–H and O–H groups in total. The van der Waals surface area contributed by atoms with Crippen LogP contribution >= 0.6 is 0 Å². The van der Waals surface area contributed by atoms with Crippen LogP contribution in [-0.4, -0.2) is 29.8 Å². The van der Waals surface area contributed by atoms with E-state index in [0.717, 1.165) is 4.90 Å². The van der Waals surface area contributed by atoms with Crippen molar-refractivity contribution in [1.29, 1.82) is 0 Å². The minimum absolute atomic E-state index is 0.199. The number of urea groups is 1. The van der Waals surface area contributed by atoms with Gasteiger partial charge in [0.25, 0.3) is 11.8 Å². The number of imide groups is 2. The van der Waals surface area contributed by atoms with E-state index in [1.807, 2.05) is 5.32 Å². The van der Waals surface area contributed by atoms with E-state index in [1.165, 1.54) is 31.3 Å².